The Labute approximate surface area is 172 Å². The summed E-state index contributed by atoms with van der Waals surface area (Å²) in [6, 6.07) is 14.8. The smallest absolute Gasteiger partial charge is 0.246 e. The monoisotopic (exact) mass is 402 g/mol. The van der Waals surface area contributed by atoms with E-state index in [1.807, 2.05) is 13.0 Å². The number of hydrogen-bond acceptors (Lipinski definition) is 4. The summed E-state index contributed by atoms with van der Waals surface area (Å²) in [7, 11) is 0. The summed E-state index contributed by atoms with van der Waals surface area (Å²) >= 11 is 0. The van der Waals surface area contributed by atoms with Crippen molar-refractivity contribution in [3.8, 4) is 11.1 Å². The highest BCUT2D eigenvalue weighted by Gasteiger charge is 2.16. The van der Waals surface area contributed by atoms with Crippen LogP contribution in [0.4, 0.5) is 10.1 Å². The first kappa shape index (κ1) is 19.4. The Balaban J connectivity index is 1.60. The largest absolute Gasteiger partial charge is 0.324 e. The number of benzene rings is 2. The van der Waals surface area contributed by atoms with Crippen LogP contribution >= 0.6 is 0 Å². The highest BCUT2D eigenvalue weighted by atomic mass is 19.1. The molecule has 0 radical (unpaired) electrons. The van der Waals surface area contributed by atoms with Crippen LogP contribution in [-0.4, -0.2) is 26.5 Å². The molecule has 4 rings (SSSR count). The predicted molar refractivity (Wildman–Crippen MR) is 113 cm³/mol. The second kappa shape index (κ2) is 7.87. The zero-order valence-electron chi connectivity index (χ0n) is 16.5. The van der Waals surface area contributed by atoms with Gasteiger partial charge in [0.25, 0.3) is 0 Å². The van der Waals surface area contributed by atoms with Crippen LogP contribution in [0.3, 0.4) is 0 Å². The molecule has 4 aromatic rings. The number of halogens is 1. The molecule has 2 heterocycles. The Morgan fingerprint density at radius 3 is 2.40 bits per heavy atom. The quantitative estimate of drug-likeness (QED) is 0.503. The van der Waals surface area contributed by atoms with Crippen LogP contribution < -0.4 is 5.32 Å². The summed E-state index contributed by atoms with van der Waals surface area (Å²) in [5.41, 5.74) is 4.22. The summed E-state index contributed by atoms with van der Waals surface area (Å²) < 4.78 is 14.8. The van der Waals surface area contributed by atoms with E-state index in [0.29, 0.717) is 16.9 Å². The van der Waals surface area contributed by atoms with Crippen molar-refractivity contribution in [2.75, 3.05) is 5.32 Å². The third-order valence-corrected chi connectivity index (χ3v) is 4.83. The minimum absolute atomic E-state index is 0.0152. The molecule has 30 heavy (non-hydrogen) atoms. The number of pyridine rings is 1. The third kappa shape index (κ3) is 3.82. The lowest BCUT2D eigenvalue weighted by atomic mass is 10.0. The maximum absolute atomic E-state index is 13.3. The molecular weight excluding hydrogens is 383 g/mol. The van der Waals surface area contributed by atoms with E-state index in [-0.39, 0.29) is 24.1 Å². The Morgan fingerprint density at radius 1 is 1.03 bits per heavy atom. The number of hydrogen-bond donors (Lipinski definition) is 1. The van der Waals surface area contributed by atoms with Crippen LogP contribution in [0.15, 0.2) is 60.8 Å². The minimum Gasteiger partial charge on any atom is -0.324 e. The van der Waals surface area contributed by atoms with Gasteiger partial charge in [0.2, 0.25) is 5.91 Å². The van der Waals surface area contributed by atoms with Gasteiger partial charge in [-0.15, -0.1) is 0 Å². The van der Waals surface area contributed by atoms with Gasteiger partial charge in [-0.05, 0) is 67.4 Å². The van der Waals surface area contributed by atoms with Crippen LogP contribution in [0.2, 0.25) is 0 Å². The van der Waals surface area contributed by atoms with E-state index in [4.69, 9.17) is 0 Å². The van der Waals surface area contributed by atoms with Gasteiger partial charge in [-0.3, -0.25) is 9.59 Å². The normalized spacial score (nSPS) is 10.9. The average Bonchev–Trinajstić information content (AvgIpc) is 3.04. The van der Waals surface area contributed by atoms with E-state index in [0.717, 1.165) is 22.2 Å². The lowest BCUT2D eigenvalue weighted by Gasteiger charge is -2.07. The van der Waals surface area contributed by atoms with Crippen molar-refractivity contribution in [1.29, 1.82) is 0 Å². The van der Waals surface area contributed by atoms with Crippen LogP contribution in [0.5, 0.6) is 0 Å². The second-order valence-electron chi connectivity index (χ2n) is 6.99. The number of nitrogens with one attached hydrogen (secondary N) is 1. The molecule has 0 aliphatic heterocycles. The van der Waals surface area contributed by atoms with Crippen LogP contribution in [-0.2, 0) is 11.3 Å². The molecule has 0 aliphatic rings. The van der Waals surface area contributed by atoms with E-state index in [9.17, 15) is 14.0 Å². The number of carbonyl (C=O) groups excluding carboxylic acids is 2. The van der Waals surface area contributed by atoms with Crippen molar-refractivity contribution in [3.63, 3.8) is 0 Å². The fraction of sp³-hybridized carbons (Fsp3) is 0.130. The Hall–Kier alpha value is -3.87. The standard InChI is InChI=1S/C23H19FN4O2/c1-14-22-20(17-3-7-18(24)8-4-17)11-12-25-23(22)28(27-14)13-21(30)26-19-9-5-16(6-10-19)15(2)29/h3-12H,13H2,1-2H3,(H,26,30). The predicted octanol–water partition coefficient (Wildman–Crippen LogP) is 4.39. The average molecular weight is 402 g/mol. The fourth-order valence-corrected chi connectivity index (χ4v) is 3.39. The van der Waals surface area contributed by atoms with Gasteiger partial charge in [0, 0.05) is 22.8 Å². The zero-order valence-corrected chi connectivity index (χ0v) is 16.5. The number of amides is 1. The molecule has 0 spiro atoms. The Morgan fingerprint density at radius 2 is 1.73 bits per heavy atom. The molecule has 1 amide bonds. The summed E-state index contributed by atoms with van der Waals surface area (Å²) in [5, 5.41) is 8.11. The second-order valence-corrected chi connectivity index (χ2v) is 6.99. The number of carbonyl (C=O) groups is 2. The van der Waals surface area contributed by atoms with E-state index in [1.165, 1.54) is 19.1 Å². The maximum Gasteiger partial charge on any atom is 0.246 e. The number of ketones is 1. The molecule has 150 valence electrons. The zero-order chi connectivity index (χ0) is 21.3. The van der Waals surface area contributed by atoms with Gasteiger partial charge in [-0.2, -0.15) is 5.10 Å². The molecular formula is C23H19FN4O2. The number of nitrogens with zero attached hydrogens (tertiary/aromatic N) is 3. The molecule has 2 aromatic heterocycles. The van der Waals surface area contributed by atoms with Crippen LogP contribution in [0.25, 0.3) is 22.2 Å². The Bertz CT molecular complexity index is 1240. The van der Waals surface area contributed by atoms with E-state index in [1.54, 1.807) is 47.3 Å². The molecule has 2 aromatic carbocycles. The summed E-state index contributed by atoms with van der Waals surface area (Å²) in [6.45, 7) is 3.33. The Kier molecular flexibility index (Phi) is 5.10. The summed E-state index contributed by atoms with van der Waals surface area (Å²) in [4.78, 5) is 28.3. The SMILES string of the molecule is CC(=O)c1ccc(NC(=O)Cn2nc(C)c3c(-c4ccc(F)cc4)ccnc32)cc1. The van der Waals surface area contributed by atoms with Crippen molar-refractivity contribution in [1.82, 2.24) is 14.8 Å². The molecule has 0 saturated heterocycles. The maximum atomic E-state index is 13.3. The van der Waals surface area contributed by atoms with Crippen molar-refractivity contribution >= 4 is 28.4 Å². The molecule has 0 bridgehead atoms. The fourth-order valence-electron chi connectivity index (χ4n) is 3.39. The topological polar surface area (TPSA) is 76.9 Å². The van der Waals surface area contributed by atoms with Crippen molar-refractivity contribution in [2.45, 2.75) is 20.4 Å². The molecule has 0 saturated carbocycles. The molecule has 6 nitrogen and oxygen atoms in total. The highest BCUT2D eigenvalue weighted by molar-refractivity contribution is 5.97. The number of anilines is 1. The third-order valence-electron chi connectivity index (χ3n) is 4.83. The molecule has 0 atom stereocenters. The van der Waals surface area contributed by atoms with Gasteiger partial charge in [0.15, 0.2) is 11.4 Å². The summed E-state index contributed by atoms with van der Waals surface area (Å²) in [6.07, 6.45) is 1.65. The van der Waals surface area contributed by atoms with Gasteiger partial charge < -0.3 is 5.32 Å². The number of aryl methyl sites for hydroxylation is 1. The van der Waals surface area contributed by atoms with Crippen molar-refractivity contribution in [3.05, 3.63) is 77.9 Å². The first-order valence-electron chi connectivity index (χ1n) is 9.41. The molecule has 1 N–H and O–H groups in total. The number of rotatable bonds is 5. The van der Waals surface area contributed by atoms with Gasteiger partial charge in [0.05, 0.1) is 5.69 Å². The first-order valence-corrected chi connectivity index (χ1v) is 9.41. The van der Waals surface area contributed by atoms with Crippen LogP contribution in [0.1, 0.15) is 23.0 Å². The lowest BCUT2D eigenvalue weighted by molar-refractivity contribution is -0.116. The van der Waals surface area contributed by atoms with E-state index in [2.05, 4.69) is 15.4 Å². The van der Waals surface area contributed by atoms with Gasteiger partial charge in [-0.1, -0.05) is 12.1 Å². The van der Waals surface area contributed by atoms with Gasteiger partial charge >= 0.3 is 0 Å². The molecule has 0 unspecified atom stereocenters. The molecule has 0 aliphatic carbocycles. The number of Topliss-reactive ketones (excluding diaryl/α,β-unsaturated/α-hetero) is 1. The number of fused-ring (bicyclic) bond motifs is 1. The number of aromatic nitrogens is 3. The van der Waals surface area contributed by atoms with Gasteiger partial charge in [0.1, 0.15) is 12.4 Å². The van der Waals surface area contributed by atoms with E-state index < -0.39 is 0 Å². The van der Waals surface area contributed by atoms with Crippen molar-refractivity contribution < 1.29 is 14.0 Å². The summed E-state index contributed by atoms with van der Waals surface area (Å²) in [5.74, 6) is -0.595. The first-order chi connectivity index (χ1) is 14.4. The molecule has 0 fully saturated rings. The highest BCUT2D eigenvalue weighted by Crippen LogP contribution is 2.29. The lowest BCUT2D eigenvalue weighted by Crippen LogP contribution is -2.19. The molecule has 7 heteroatoms. The van der Waals surface area contributed by atoms with E-state index >= 15 is 0 Å². The van der Waals surface area contributed by atoms with Crippen molar-refractivity contribution in [2.24, 2.45) is 0 Å². The van der Waals surface area contributed by atoms with Crippen LogP contribution in [0, 0.1) is 12.7 Å². The minimum atomic E-state index is -0.301. The van der Waals surface area contributed by atoms with Gasteiger partial charge in [-0.25, -0.2) is 14.1 Å².